The molecule has 0 radical (unpaired) electrons. The predicted octanol–water partition coefficient (Wildman–Crippen LogP) is 3.82. The minimum atomic E-state index is -0.501. The summed E-state index contributed by atoms with van der Waals surface area (Å²) < 4.78 is 15.9. The van der Waals surface area contributed by atoms with Gasteiger partial charge in [0.05, 0.1) is 21.3 Å². The van der Waals surface area contributed by atoms with E-state index in [-0.39, 0.29) is 5.57 Å². The number of nitrogens with zero attached hydrogens (tertiary/aromatic N) is 1. The highest BCUT2D eigenvalue weighted by atomic mass is 16.5. The summed E-state index contributed by atoms with van der Waals surface area (Å²) in [6, 6.07) is 12.7. The Kier molecular flexibility index (Phi) is 6.84. The molecule has 0 spiro atoms. The largest absolute Gasteiger partial charge is 0.496 e. The van der Waals surface area contributed by atoms with Gasteiger partial charge in [-0.2, -0.15) is 5.26 Å². The number of anilines is 1. The van der Waals surface area contributed by atoms with Crippen molar-refractivity contribution < 1.29 is 19.0 Å². The smallest absolute Gasteiger partial charge is 0.266 e. The van der Waals surface area contributed by atoms with Crippen LogP contribution < -0.4 is 19.5 Å². The van der Waals surface area contributed by atoms with Crippen molar-refractivity contribution in [1.29, 1.82) is 5.26 Å². The van der Waals surface area contributed by atoms with E-state index in [0.717, 1.165) is 6.42 Å². The average Bonchev–Trinajstić information content (AvgIpc) is 2.71. The topological polar surface area (TPSA) is 80.6 Å². The van der Waals surface area contributed by atoms with Crippen LogP contribution in [0.25, 0.3) is 6.08 Å². The summed E-state index contributed by atoms with van der Waals surface area (Å²) in [5, 5.41) is 12.2. The molecule has 140 valence electrons. The molecule has 0 aliphatic rings. The Balaban J connectivity index is 2.33. The van der Waals surface area contributed by atoms with Crippen LogP contribution in [0.3, 0.4) is 0 Å². The Labute approximate surface area is 159 Å². The van der Waals surface area contributed by atoms with Crippen LogP contribution in [0.5, 0.6) is 17.2 Å². The van der Waals surface area contributed by atoms with Crippen molar-refractivity contribution in [3.8, 4) is 23.3 Å². The second kappa shape index (κ2) is 9.30. The number of amides is 1. The van der Waals surface area contributed by atoms with Crippen LogP contribution >= 0.6 is 0 Å². The minimum Gasteiger partial charge on any atom is -0.496 e. The van der Waals surface area contributed by atoms with Gasteiger partial charge in [0.1, 0.15) is 17.4 Å². The van der Waals surface area contributed by atoms with Gasteiger partial charge < -0.3 is 19.5 Å². The molecule has 6 heteroatoms. The van der Waals surface area contributed by atoms with Crippen molar-refractivity contribution in [1.82, 2.24) is 0 Å². The van der Waals surface area contributed by atoms with Crippen molar-refractivity contribution in [3.63, 3.8) is 0 Å². The molecule has 2 aromatic carbocycles. The summed E-state index contributed by atoms with van der Waals surface area (Å²) in [5.74, 6) is 0.918. The third kappa shape index (κ3) is 4.79. The van der Waals surface area contributed by atoms with Gasteiger partial charge >= 0.3 is 0 Å². The molecule has 27 heavy (non-hydrogen) atoms. The fourth-order valence-corrected chi connectivity index (χ4v) is 2.49. The third-order valence-electron chi connectivity index (χ3n) is 4.02. The van der Waals surface area contributed by atoms with Gasteiger partial charge in [-0.1, -0.05) is 19.1 Å². The lowest BCUT2D eigenvalue weighted by Crippen LogP contribution is -2.13. The van der Waals surface area contributed by atoms with Gasteiger partial charge in [-0.05, 0) is 36.3 Å². The molecule has 6 nitrogen and oxygen atoms in total. The lowest BCUT2D eigenvalue weighted by atomic mass is 10.1. The second-order valence-corrected chi connectivity index (χ2v) is 5.62. The van der Waals surface area contributed by atoms with Gasteiger partial charge in [0, 0.05) is 17.3 Å². The van der Waals surface area contributed by atoms with E-state index in [2.05, 4.69) is 12.2 Å². The highest BCUT2D eigenvalue weighted by molar-refractivity contribution is 6.09. The zero-order chi connectivity index (χ0) is 19.8. The van der Waals surface area contributed by atoms with Crippen molar-refractivity contribution in [3.05, 3.63) is 53.1 Å². The van der Waals surface area contributed by atoms with Crippen molar-refractivity contribution >= 4 is 17.7 Å². The molecular weight excluding hydrogens is 344 g/mol. The van der Waals surface area contributed by atoms with E-state index in [0.29, 0.717) is 28.5 Å². The number of ether oxygens (including phenoxy) is 3. The highest BCUT2D eigenvalue weighted by Gasteiger charge is 2.14. The summed E-state index contributed by atoms with van der Waals surface area (Å²) in [7, 11) is 4.53. The Morgan fingerprint density at radius 3 is 2.15 bits per heavy atom. The quantitative estimate of drug-likeness (QED) is 0.595. The van der Waals surface area contributed by atoms with Crippen LogP contribution in [-0.4, -0.2) is 27.2 Å². The minimum absolute atomic E-state index is 0.0555. The first-order valence-corrected chi connectivity index (χ1v) is 8.38. The van der Waals surface area contributed by atoms with Gasteiger partial charge in [0.15, 0.2) is 11.5 Å². The van der Waals surface area contributed by atoms with Crippen LogP contribution in [0.2, 0.25) is 0 Å². The van der Waals surface area contributed by atoms with Crippen LogP contribution in [0.15, 0.2) is 42.0 Å². The van der Waals surface area contributed by atoms with E-state index in [4.69, 9.17) is 14.2 Å². The summed E-state index contributed by atoms with van der Waals surface area (Å²) in [4.78, 5) is 12.5. The maximum Gasteiger partial charge on any atom is 0.266 e. The summed E-state index contributed by atoms with van der Waals surface area (Å²) in [6.07, 6.45) is 2.37. The van der Waals surface area contributed by atoms with E-state index in [1.54, 1.807) is 12.1 Å². The van der Waals surface area contributed by atoms with Crippen LogP contribution in [0, 0.1) is 11.3 Å². The van der Waals surface area contributed by atoms with Gasteiger partial charge in [0.2, 0.25) is 0 Å². The maximum absolute atomic E-state index is 12.5. The monoisotopic (exact) mass is 366 g/mol. The molecule has 2 aromatic rings. The van der Waals surface area contributed by atoms with E-state index in [9.17, 15) is 10.1 Å². The van der Waals surface area contributed by atoms with Gasteiger partial charge in [-0.15, -0.1) is 0 Å². The average molecular weight is 366 g/mol. The molecule has 1 N–H and O–H groups in total. The normalized spacial score (nSPS) is 10.7. The number of methoxy groups -OCH3 is 3. The first-order chi connectivity index (χ1) is 13.1. The number of nitriles is 1. The van der Waals surface area contributed by atoms with E-state index >= 15 is 0 Å². The van der Waals surface area contributed by atoms with Gasteiger partial charge in [-0.25, -0.2) is 0 Å². The molecule has 1 amide bonds. The number of hydrogen-bond acceptors (Lipinski definition) is 5. The highest BCUT2D eigenvalue weighted by Crippen LogP contribution is 2.35. The summed E-state index contributed by atoms with van der Waals surface area (Å²) in [6.45, 7) is 2.06. The number of carbonyl (C=O) groups is 1. The fraction of sp³-hybridized carbons (Fsp3) is 0.238. The van der Waals surface area contributed by atoms with Crippen LogP contribution in [0.4, 0.5) is 5.69 Å². The van der Waals surface area contributed by atoms with E-state index in [1.807, 2.05) is 30.3 Å². The molecule has 0 bridgehead atoms. The zero-order valence-electron chi connectivity index (χ0n) is 15.8. The Morgan fingerprint density at radius 2 is 1.63 bits per heavy atom. The maximum atomic E-state index is 12.5. The first-order valence-electron chi connectivity index (χ1n) is 8.38. The summed E-state index contributed by atoms with van der Waals surface area (Å²) >= 11 is 0. The SMILES string of the molecule is CCc1ccc(NC(=O)/C(C#N)=C/c2cc(OC)c(OC)cc2OC)cc1. The van der Waals surface area contributed by atoms with Gasteiger partial charge in [-0.3, -0.25) is 4.79 Å². The van der Waals surface area contributed by atoms with Crippen molar-refractivity contribution in [2.24, 2.45) is 0 Å². The van der Waals surface area contributed by atoms with E-state index in [1.165, 1.54) is 33.0 Å². The zero-order valence-corrected chi connectivity index (χ0v) is 15.8. The molecule has 0 saturated heterocycles. The number of rotatable bonds is 7. The fourth-order valence-electron chi connectivity index (χ4n) is 2.49. The number of hydrogen-bond donors (Lipinski definition) is 1. The number of benzene rings is 2. The predicted molar refractivity (Wildman–Crippen MR) is 104 cm³/mol. The molecule has 0 aromatic heterocycles. The summed E-state index contributed by atoms with van der Waals surface area (Å²) in [5.41, 5.74) is 2.26. The molecule has 0 aliphatic carbocycles. The van der Waals surface area contributed by atoms with Gasteiger partial charge in [0.25, 0.3) is 5.91 Å². The van der Waals surface area contributed by atoms with Crippen molar-refractivity contribution in [2.45, 2.75) is 13.3 Å². The van der Waals surface area contributed by atoms with Crippen LogP contribution in [0.1, 0.15) is 18.1 Å². The molecule has 0 unspecified atom stereocenters. The standard InChI is InChI=1S/C21H22N2O4/c1-5-14-6-8-17(9-7-14)23-21(24)16(13-22)10-15-11-19(26-3)20(27-4)12-18(15)25-2/h6-12H,5H2,1-4H3,(H,23,24)/b16-10+. The molecular formula is C21H22N2O4. The second-order valence-electron chi connectivity index (χ2n) is 5.62. The number of aryl methyl sites for hydroxylation is 1. The molecule has 2 rings (SSSR count). The molecule has 0 atom stereocenters. The molecule has 0 fully saturated rings. The van der Waals surface area contributed by atoms with E-state index < -0.39 is 5.91 Å². The Bertz CT molecular complexity index is 880. The Morgan fingerprint density at radius 1 is 1.04 bits per heavy atom. The lowest BCUT2D eigenvalue weighted by Gasteiger charge is -2.12. The van der Waals surface area contributed by atoms with Crippen molar-refractivity contribution in [2.75, 3.05) is 26.6 Å². The molecule has 0 aliphatic heterocycles. The Hall–Kier alpha value is -3.46. The lowest BCUT2D eigenvalue weighted by molar-refractivity contribution is -0.112. The number of carbonyl (C=O) groups excluding carboxylic acids is 1. The molecule has 0 heterocycles. The first kappa shape index (κ1) is 19.9. The molecule has 0 saturated carbocycles. The van der Waals surface area contributed by atoms with Crippen LogP contribution in [-0.2, 0) is 11.2 Å². The third-order valence-corrected chi connectivity index (χ3v) is 4.02. The number of nitrogens with one attached hydrogen (secondary N) is 1.